The number of nitrogens with one attached hydrogen (secondary N) is 1. The lowest BCUT2D eigenvalue weighted by atomic mass is 10.2. The summed E-state index contributed by atoms with van der Waals surface area (Å²) in [6, 6.07) is 1.74. The van der Waals surface area contributed by atoms with Gasteiger partial charge in [-0.15, -0.1) is 0 Å². The summed E-state index contributed by atoms with van der Waals surface area (Å²) in [6.07, 6.45) is 1.49. The van der Waals surface area contributed by atoms with Crippen molar-refractivity contribution in [3.63, 3.8) is 0 Å². The van der Waals surface area contributed by atoms with Crippen molar-refractivity contribution in [2.24, 2.45) is 0 Å². The average molecular weight is 208 g/mol. The lowest BCUT2D eigenvalue weighted by molar-refractivity contribution is 0.564. The van der Waals surface area contributed by atoms with E-state index >= 15 is 0 Å². The standard InChI is InChI=1S/C10H9FN2O2/c1-5-3-4-15-8(5)9-12-6(2)7(11)10(14)13-9/h3-4H,1-2H3,(H,12,13,14). The van der Waals surface area contributed by atoms with Crippen molar-refractivity contribution in [1.82, 2.24) is 9.97 Å². The van der Waals surface area contributed by atoms with Gasteiger partial charge in [-0.2, -0.15) is 4.39 Å². The molecule has 0 aromatic carbocycles. The van der Waals surface area contributed by atoms with Gasteiger partial charge in [0.15, 0.2) is 11.6 Å². The molecule has 0 amide bonds. The Morgan fingerprint density at radius 2 is 2.20 bits per heavy atom. The van der Waals surface area contributed by atoms with Crippen LogP contribution < -0.4 is 5.56 Å². The Labute approximate surface area is 84.8 Å². The lowest BCUT2D eigenvalue weighted by Crippen LogP contribution is -2.15. The summed E-state index contributed by atoms with van der Waals surface area (Å²) >= 11 is 0. The molecule has 0 unspecified atom stereocenters. The van der Waals surface area contributed by atoms with Crippen LogP contribution in [-0.2, 0) is 0 Å². The number of aromatic amines is 1. The van der Waals surface area contributed by atoms with E-state index in [4.69, 9.17) is 4.42 Å². The van der Waals surface area contributed by atoms with Crippen LogP contribution in [-0.4, -0.2) is 9.97 Å². The van der Waals surface area contributed by atoms with Gasteiger partial charge in [-0.1, -0.05) is 0 Å². The minimum Gasteiger partial charge on any atom is -0.461 e. The zero-order valence-electron chi connectivity index (χ0n) is 8.30. The minimum absolute atomic E-state index is 0.0598. The number of hydrogen-bond acceptors (Lipinski definition) is 3. The van der Waals surface area contributed by atoms with Crippen molar-refractivity contribution < 1.29 is 8.81 Å². The normalized spacial score (nSPS) is 10.6. The van der Waals surface area contributed by atoms with Gasteiger partial charge >= 0.3 is 0 Å². The summed E-state index contributed by atoms with van der Waals surface area (Å²) in [7, 11) is 0. The molecule has 0 saturated heterocycles. The maximum absolute atomic E-state index is 13.0. The summed E-state index contributed by atoms with van der Waals surface area (Å²) < 4.78 is 18.2. The molecule has 0 atom stereocenters. The first-order chi connectivity index (χ1) is 7.09. The van der Waals surface area contributed by atoms with Crippen molar-refractivity contribution in [3.05, 3.63) is 39.8 Å². The summed E-state index contributed by atoms with van der Waals surface area (Å²) in [5.41, 5.74) is 0.113. The number of halogens is 1. The fourth-order valence-corrected chi connectivity index (χ4v) is 1.29. The average Bonchev–Trinajstić information content (AvgIpc) is 2.60. The molecule has 78 valence electrons. The SMILES string of the molecule is Cc1ccoc1-c1nc(C)c(F)c(=O)[nH]1. The van der Waals surface area contributed by atoms with Gasteiger partial charge in [0.25, 0.3) is 5.56 Å². The lowest BCUT2D eigenvalue weighted by Gasteiger charge is -2.00. The maximum atomic E-state index is 13.0. The molecule has 2 aromatic heterocycles. The predicted molar refractivity (Wildman–Crippen MR) is 52.0 cm³/mol. The zero-order chi connectivity index (χ0) is 11.0. The van der Waals surface area contributed by atoms with E-state index in [1.54, 1.807) is 6.07 Å². The zero-order valence-corrected chi connectivity index (χ0v) is 8.30. The van der Waals surface area contributed by atoms with Gasteiger partial charge in [-0.25, -0.2) is 4.98 Å². The third-order valence-electron chi connectivity index (χ3n) is 2.11. The first kappa shape index (κ1) is 9.64. The van der Waals surface area contributed by atoms with Crippen LogP contribution in [0.1, 0.15) is 11.3 Å². The number of hydrogen-bond donors (Lipinski definition) is 1. The van der Waals surface area contributed by atoms with Crippen molar-refractivity contribution in [1.29, 1.82) is 0 Å². The summed E-state index contributed by atoms with van der Waals surface area (Å²) in [6.45, 7) is 3.25. The smallest absolute Gasteiger partial charge is 0.287 e. The fourth-order valence-electron chi connectivity index (χ4n) is 1.29. The van der Waals surface area contributed by atoms with Gasteiger partial charge in [0, 0.05) is 0 Å². The van der Waals surface area contributed by atoms with Crippen molar-refractivity contribution >= 4 is 0 Å². The van der Waals surface area contributed by atoms with Crippen molar-refractivity contribution in [2.45, 2.75) is 13.8 Å². The van der Waals surface area contributed by atoms with Crippen LogP contribution in [0.4, 0.5) is 4.39 Å². The van der Waals surface area contributed by atoms with Crippen LogP contribution in [0.3, 0.4) is 0 Å². The summed E-state index contributed by atoms with van der Waals surface area (Å²) in [5.74, 6) is -0.153. The number of nitrogens with zero attached hydrogens (tertiary/aromatic N) is 1. The second-order valence-electron chi connectivity index (χ2n) is 3.25. The van der Waals surface area contributed by atoms with Gasteiger partial charge in [-0.05, 0) is 25.5 Å². The molecular formula is C10H9FN2O2. The van der Waals surface area contributed by atoms with E-state index in [1.165, 1.54) is 13.2 Å². The Balaban J connectivity index is 2.66. The highest BCUT2D eigenvalue weighted by molar-refractivity contribution is 5.51. The van der Waals surface area contributed by atoms with Crippen LogP contribution in [0.15, 0.2) is 21.5 Å². The van der Waals surface area contributed by atoms with Gasteiger partial charge < -0.3 is 9.40 Å². The van der Waals surface area contributed by atoms with E-state index in [9.17, 15) is 9.18 Å². The predicted octanol–water partition coefficient (Wildman–Crippen LogP) is 1.79. The van der Waals surface area contributed by atoms with E-state index in [0.717, 1.165) is 5.56 Å². The Kier molecular flexibility index (Phi) is 2.15. The van der Waals surface area contributed by atoms with E-state index in [1.807, 2.05) is 6.92 Å². The van der Waals surface area contributed by atoms with Gasteiger partial charge in [0.1, 0.15) is 0 Å². The van der Waals surface area contributed by atoms with Gasteiger partial charge in [0.05, 0.1) is 12.0 Å². The van der Waals surface area contributed by atoms with Gasteiger partial charge in [-0.3, -0.25) is 4.79 Å². The third-order valence-corrected chi connectivity index (χ3v) is 2.11. The molecule has 0 radical (unpaired) electrons. The van der Waals surface area contributed by atoms with E-state index < -0.39 is 11.4 Å². The third kappa shape index (κ3) is 1.56. The Morgan fingerprint density at radius 1 is 1.47 bits per heavy atom. The maximum Gasteiger partial charge on any atom is 0.287 e. The molecule has 2 rings (SSSR count). The molecule has 0 saturated carbocycles. The number of rotatable bonds is 1. The van der Waals surface area contributed by atoms with E-state index in [0.29, 0.717) is 5.76 Å². The highest BCUT2D eigenvalue weighted by Crippen LogP contribution is 2.19. The number of aromatic nitrogens is 2. The van der Waals surface area contributed by atoms with Crippen LogP contribution in [0.25, 0.3) is 11.6 Å². The molecule has 0 aliphatic rings. The van der Waals surface area contributed by atoms with Crippen molar-refractivity contribution in [2.75, 3.05) is 0 Å². The molecule has 5 heteroatoms. The molecule has 1 N–H and O–H groups in total. The molecule has 0 spiro atoms. The molecule has 4 nitrogen and oxygen atoms in total. The Hall–Kier alpha value is -1.91. The minimum atomic E-state index is -0.858. The molecule has 2 aromatic rings. The number of furan rings is 1. The first-order valence-corrected chi connectivity index (χ1v) is 4.40. The summed E-state index contributed by atoms with van der Waals surface area (Å²) in [5, 5.41) is 0. The molecule has 0 fully saturated rings. The second kappa shape index (κ2) is 3.34. The quantitative estimate of drug-likeness (QED) is 0.777. The van der Waals surface area contributed by atoms with Crippen LogP contribution in [0, 0.1) is 19.7 Å². The molecule has 15 heavy (non-hydrogen) atoms. The van der Waals surface area contributed by atoms with Crippen LogP contribution >= 0.6 is 0 Å². The monoisotopic (exact) mass is 208 g/mol. The molecule has 0 aliphatic carbocycles. The molecular weight excluding hydrogens is 199 g/mol. The summed E-state index contributed by atoms with van der Waals surface area (Å²) in [4.78, 5) is 17.4. The van der Waals surface area contributed by atoms with Crippen molar-refractivity contribution in [3.8, 4) is 11.6 Å². The first-order valence-electron chi connectivity index (χ1n) is 4.40. The fraction of sp³-hybridized carbons (Fsp3) is 0.200. The molecule has 2 heterocycles. The largest absolute Gasteiger partial charge is 0.461 e. The van der Waals surface area contributed by atoms with Gasteiger partial charge in [0.2, 0.25) is 5.82 Å². The molecule has 0 aliphatic heterocycles. The van der Waals surface area contributed by atoms with Crippen LogP contribution in [0.5, 0.6) is 0 Å². The topological polar surface area (TPSA) is 58.9 Å². The van der Waals surface area contributed by atoms with Crippen LogP contribution in [0.2, 0.25) is 0 Å². The highest BCUT2D eigenvalue weighted by Gasteiger charge is 2.12. The van der Waals surface area contributed by atoms with E-state index in [-0.39, 0.29) is 11.5 Å². The number of aryl methyl sites for hydroxylation is 2. The second-order valence-corrected chi connectivity index (χ2v) is 3.25. The number of H-pyrrole nitrogens is 1. The Morgan fingerprint density at radius 3 is 2.73 bits per heavy atom. The molecule has 0 bridgehead atoms. The Bertz CT molecular complexity index is 557. The highest BCUT2D eigenvalue weighted by atomic mass is 19.1. The van der Waals surface area contributed by atoms with E-state index in [2.05, 4.69) is 9.97 Å².